The minimum absolute atomic E-state index is 0.00214. The molecule has 1 saturated heterocycles. The number of carbonyl (C=O) groups excluding carboxylic acids is 1. The Balaban J connectivity index is 1.86. The van der Waals surface area contributed by atoms with Gasteiger partial charge in [-0.3, -0.25) is 14.9 Å². The van der Waals surface area contributed by atoms with Crippen LogP contribution >= 0.6 is 0 Å². The van der Waals surface area contributed by atoms with Crippen LogP contribution in [0, 0.1) is 16.0 Å². The summed E-state index contributed by atoms with van der Waals surface area (Å²) >= 11 is 0. The molecule has 2 aliphatic heterocycles. The fourth-order valence-electron chi connectivity index (χ4n) is 4.59. The average Bonchev–Trinajstić information content (AvgIpc) is 3.17. The van der Waals surface area contributed by atoms with Gasteiger partial charge in [0.25, 0.3) is 0 Å². The normalized spacial score (nSPS) is 26.3. The molecule has 4 rings (SSSR count). The molecule has 0 aliphatic carbocycles. The van der Waals surface area contributed by atoms with Crippen molar-refractivity contribution >= 4 is 21.4 Å². The fraction of sp³-hybridized carbons (Fsp3) is 0.318. The zero-order chi connectivity index (χ0) is 22.3. The van der Waals surface area contributed by atoms with E-state index in [1.165, 1.54) is 11.9 Å². The van der Waals surface area contributed by atoms with Crippen molar-refractivity contribution in [2.45, 2.75) is 31.8 Å². The van der Waals surface area contributed by atoms with Crippen LogP contribution in [0.3, 0.4) is 0 Å². The molecule has 9 heteroatoms. The second-order valence-corrected chi connectivity index (χ2v) is 9.97. The number of hydrazine groups is 1. The number of amides is 1. The third kappa shape index (κ3) is 3.64. The van der Waals surface area contributed by atoms with Gasteiger partial charge in [0.05, 0.1) is 16.5 Å². The smallest absolute Gasteiger partial charge is 0.249 e. The van der Waals surface area contributed by atoms with E-state index in [2.05, 4.69) is 5.43 Å². The van der Waals surface area contributed by atoms with E-state index in [0.717, 1.165) is 0 Å². The summed E-state index contributed by atoms with van der Waals surface area (Å²) in [4.78, 5) is 24.5. The standard InChI is InChI=1S/C22H23N3O5S/c1-14-18(25(27)28)13-31(29,30)21(14)20(16-9-5-3-6-10-16)19-15(2)23-24(22(19)26)17-11-7-4-8-12-17/h3-12,15,18-20,23H,13H2,1-2H3/t15-,18-,19+,20+/m0/s1. The quantitative estimate of drug-likeness (QED) is 0.564. The van der Waals surface area contributed by atoms with Gasteiger partial charge in [-0.1, -0.05) is 48.5 Å². The zero-order valence-electron chi connectivity index (χ0n) is 17.1. The molecule has 1 N–H and O–H groups in total. The van der Waals surface area contributed by atoms with Gasteiger partial charge in [0.1, 0.15) is 5.75 Å². The van der Waals surface area contributed by atoms with Crippen molar-refractivity contribution in [2.24, 2.45) is 5.92 Å². The van der Waals surface area contributed by atoms with Gasteiger partial charge in [-0.2, -0.15) is 0 Å². The molecule has 162 valence electrons. The number of rotatable bonds is 5. The molecule has 2 heterocycles. The van der Waals surface area contributed by atoms with E-state index >= 15 is 0 Å². The summed E-state index contributed by atoms with van der Waals surface area (Å²) in [5, 5.41) is 12.9. The molecular weight excluding hydrogens is 418 g/mol. The van der Waals surface area contributed by atoms with Crippen molar-refractivity contribution in [1.29, 1.82) is 0 Å². The Morgan fingerprint density at radius 2 is 1.68 bits per heavy atom. The Morgan fingerprint density at radius 3 is 2.23 bits per heavy atom. The summed E-state index contributed by atoms with van der Waals surface area (Å²) < 4.78 is 26.2. The SMILES string of the molecule is CC1=C([C@H](c2ccccc2)[C@@H]2C(=O)N(c3ccccc3)N[C@H]2C)S(=O)(=O)C[C@@H]1[N+](=O)[O-]. The lowest BCUT2D eigenvalue weighted by molar-refractivity contribution is -0.505. The summed E-state index contributed by atoms with van der Waals surface area (Å²) in [5.41, 5.74) is 4.65. The molecule has 4 atom stereocenters. The largest absolute Gasteiger partial charge is 0.273 e. The van der Waals surface area contributed by atoms with Crippen molar-refractivity contribution in [3.05, 3.63) is 86.8 Å². The van der Waals surface area contributed by atoms with Gasteiger partial charge >= 0.3 is 0 Å². The molecule has 0 saturated carbocycles. The molecule has 0 aromatic heterocycles. The summed E-state index contributed by atoms with van der Waals surface area (Å²) in [6.07, 6.45) is 0. The minimum atomic E-state index is -3.90. The van der Waals surface area contributed by atoms with Crippen molar-refractivity contribution in [3.8, 4) is 0 Å². The highest BCUT2D eigenvalue weighted by molar-refractivity contribution is 7.95. The maximum Gasteiger partial charge on any atom is 0.249 e. The number of hydrogen-bond acceptors (Lipinski definition) is 6. The number of nitro groups is 1. The Bertz CT molecular complexity index is 1150. The highest BCUT2D eigenvalue weighted by Gasteiger charge is 2.52. The maximum atomic E-state index is 13.5. The maximum absolute atomic E-state index is 13.5. The van der Waals surface area contributed by atoms with E-state index in [1.54, 1.807) is 42.5 Å². The first kappa shape index (κ1) is 21.2. The predicted octanol–water partition coefficient (Wildman–Crippen LogP) is 2.67. The van der Waals surface area contributed by atoms with Gasteiger partial charge < -0.3 is 0 Å². The Labute approximate surface area is 180 Å². The molecule has 2 aromatic rings. The van der Waals surface area contributed by atoms with Gasteiger partial charge in [-0.05, 0) is 31.5 Å². The number of anilines is 1. The van der Waals surface area contributed by atoms with Crippen molar-refractivity contribution in [2.75, 3.05) is 10.8 Å². The lowest BCUT2D eigenvalue weighted by Crippen LogP contribution is -2.36. The first-order chi connectivity index (χ1) is 14.7. The van der Waals surface area contributed by atoms with Gasteiger partial charge in [-0.15, -0.1) is 0 Å². The van der Waals surface area contributed by atoms with Gasteiger partial charge in [0, 0.05) is 22.5 Å². The van der Waals surface area contributed by atoms with Crippen molar-refractivity contribution < 1.29 is 18.1 Å². The van der Waals surface area contributed by atoms with E-state index < -0.39 is 38.4 Å². The summed E-state index contributed by atoms with van der Waals surface area (Å²) in [5.74, 6) is -2.41. The zero-order valence-corrected chi connectivity index (χ0v) is 18.0. The van der Waals surface area contributed by atoms with Gasteiger partial charge in [0.2, 0.25) is 11.9 Å². The van der Waals surface area contributed by atoms with Crippen LogP contribution < -0.4 is 10.4 Å². The second-order valence-electron chi connectivity index (χ2n) is 7.97. The lowest BCUT2D eigenvalue weighted by Gasteiger charge is -2.26. The van der Waals surface area contributed by atoms with Crippen LogP contribution in [0.25, 0.3) is 0 Å². The Morgan fingerprint density at radius 1 is 1.10 bits per heavy atom. The van der Waals surface area contributed by atoms with Crippen LogP contribution in [0.1, 0.15) is 25.3 Å². The molecule has 0 unspecified atom stereocenters. The van der Waals surface area contributed by atoms with Crippen LogP contribution in [0.15, 0.2) is 71.1 Å². The number of nitrogens with zero attached hydrogens (tertiary/aromatic N) is 2. The van der Waals surface area contributed by atoms with Crippen molar-refractivity contribution in [3.63, 3.8) is 0 Å². The first-order valence-corrected chi connectivity index (χ1v) is 11.6. The third-order valence-electron chi connectivity index (χ3n) is 6.05. The van der Waals surface area contributed by atoms with E-state index in [9.17, 15) is 23.3 Å². The molecule has 1 amide bonds. The number of hydrogen-bond donors (Lipinski definition) is 1. The molecule has 0 radical (unpaired) electrons. The molecule has 1 fully saturated rings. The monoisotopic (exact) mass is 441 g/mol. The van der Waals surface area contributed by atoms with Crippen LogP contribution in [-0.2, 0) is 14.6 Å². The highest BCUT2D eigenvalue weighted by atomic mass is 32.2. The fourth-order valence-corrected chi connectivity index (χ4v) is 6.86. The number of carbonyl (C=O) groups is 1. The summed E-state index contributed by atoms with van der Waals surface area (Å²) in [6.45, 7) is 3.32. The molecule has 0 bridgehead atoms. The highest BCUT2D eigenvalue weighted by Crippen LogP contribution is 2.45. The van der Waals surface area contributed by atoms with E-state index in [1.807, 2.05) is 25.1 Å². The van der Waals surface area contributed by atoms with E-state index in [-0.39, 0.29) is 22.4 Å². The van der Waals surface area contributed by atoms with Gasteiger partial charge in [0.15, 0.2) is 9.84 Å². The third-order valence-corrected chi connectivity index (χ3v) is 8.05. The Kier molecular flexibility index (Phi) is 5.40. The second kappa shape index (κ2) is 7.90. The average molecular weight is 442 g/mol. The number of benzene rings is 2. The lowest BCUT2D eigenvalue weighted by atomic mass is 9.80. The molecule has 31 heavy (non-hydrogen) atoms. The molecular formula is C22H23N3O5S. The van der Waals surface area contributed by atoms with Crippen LogP contribution in [0.2, 0.25) is 0 Å². The number of para-hydroxylation sites is 1. The van der Waals surface area contributed by atoms with Crippen molar-refractivity contribution in [1.82, 2.24) is 5.43 Å². The molecule has 2 aliphatic rings. The number of allylic oxidation sites excluding steroid dienone is 1. The van der Waals surface area contributed by atoms with E-state index in [0.29, 0.717) is 11.3 Å². The van der Waals surface area contributed by atoms with Crippen LogP contribution in [0.5, 0.6) is 0 Å². The number of nitrogens with one attached hydrogen (secondary N) is 1. The van der Waals surface area contributed by atoms with Gasteiger partial charge in [-0.25, -0.2) is 18.9 Å². The summed E-state index contributed by atoms with van der Waals surface area (Å²) in [6, 6.07) is 16.3. The van der Waals surface area contributed by atoms with E-state index in [4.69, 9.17) is 0 Å². The Hall–Kier alpha value is -3.04. The molecule has 8 nitrogen and oxygen atoms in total. The summed E-state index contributed by atoms with van der Waals surface area (Å²) in [7, 11) is -3.90. The molecule has 2 aromatic carbocycles. The predicted molar refractivity (Wildman–Crippen MR) is 116 cm³/mol. The van der Waals surface area contributed by atoms with Crippen LogP contribution in [0.4, 0.5) is 5.69 Å². The first-order valence-electron chi connectivity index (χ1n) is 9.99. The molecule has 0 spiro atoms. The van der Waals surface area contributed by atoms with Crippen LogP contribution in [-0.4, -0.2) is 37.1 Å². The number of sulfone groups is 1. The minimum Gasteiger partial charge on any atom is -0.273 e. The topological polar surface area (TPSA) is 110 Å².